The van der Waals surface area contributed by atoms with Gasteiger partial charge in [-0.25, -0.2) is 0 Å². The molecule has 0 radical (unpaired) electrons. The van der Waals surface area contributed by atoms with Crippen molar-refractivity contribution in [1.29, 1.82) is 0 Å². The summed E-state index contributed by atoms with van der Waals surface area (Å²) >= 11 is 0. The van der Waals surface area contributed by atoms with Gasteiger partial charge in [-0.1, -0.05) is 0 Å². The van der Waals surface area contributed by atoms with Crippen LogP contribution >= 0.6 is 0 Å². The Kier molecular flexibility index (Phi) is 3.36. The first-order valence-corrected chi connectivity index (χ1v) is 10.3. The molecule has 8 heteroatoms. The number of hydrogen-bond donors (Lipinski definition) is 3. The van der Waals surface area contributed by atoms with Crippen LogP contribution in [0.2, 0.25) is 0 Å². The van der Waals surface area contributed by atoms with Crippen LogP contribution in [0.1, 0.15) is 38.5 Å². The first kappa shape index (κ1) is 16.7. The summed E-state index contributed by atoms with van der Waals surface area (Å²) in [6.07, 6.45) is 4.54. The van der Waals surface area contributed by atoms with E-state index in [1.54, 1.807) is 0 Å². The normalized spacial score (nSPS) is 54.7. The highest BCUT2D eigenvalue weighted by molar-refractivity contribution is 5.89. The van der Waals surface area contributed by atoms with Gasteiger partial charge in [0, 0.05) is 12.0 Å². The molecule has 8 nitrogen and oxygen atoms in total. The van der Waals surface area contributed by atoms with Gasteiger partial charge in [-0.3, -0.25) is 9.59 Å². The highest BCUT2D eigenvalue weighted by atomic mass is 16.5. The number of carbonyl (C=O) groups is 2. The van der Waals surface area contributed by atoms with E-state index in [0.29, 0.717) is 18.3 Å². The molecule has 0 aromatic carbocycles. The van der Waals surface area contributed by atoms with Crippen LogP contribution in [0.4, 0.5) is 0 Å². The van der Waals surface area contributed by atoms with Gasteiger partial charge in [-0.2, -0.15) is 0 Å². The van der Waals surface area contributed by atoms with Gasteiger partial charge in [0.1, 0.15) is 18.5 Å². The molecule has 10 atom stereocenters. The molecule has 5 heterocycles. The number of ether oxygens (including phenoxy) is 2. The number of rotatable bonds is 3. The second-order valence-electron chi connectivity index (χ2n) is 9.65. The van der Waals surface area contributed by atoms with Gasteiger partial charge in [-0.05, 0) is 50.4 Å². The molecule has 7 aliphatic rings. The van der Waals surface area contributed by atoms with Crippen molar-refractivity contribution in [3.63, 3.8) is 0 Å². The molecule has 5 aliphatic heterocycles. The Bertz CT molecular complexity index is 664. The number of aliphatic hydroxyl groups excluding tert-OH is 1. The van der Waals surface area contributed by atoms with Gasteiger partial charge >= 0.3 is 0 Å². The van der Waals surface area contributed by atoms with E-state index >= 15 is 0 Å². The van der Waals surface area contributed by atoms with Gasteiger partial charge in [0.15, 0.2) is 0 Å². The third-order valence-electron chi connectivity index (χ3n) is 7.85. The highest BCUT2D eigenvalue weighted by Gasteiger charge is 2.64. The van der Waals surface area contributed by atoms with Crippen molar-refractivity contribution in [2.45, 2.75) is 74.8 Å². The molecule has 7 fully saturated rings. The maximum Gasteiger partial charge on any atom is 0.241 e. The van der Waals surface area contributed by atoms with Crippen molar-refractivity contribution in [3.8, 4) is 0 Å². The number of nitrogens with one attached hydrogen (secondary N) is 1. The van der Waals surface area contributed by atoms with E-state index in [-0.39, 0.29) is 54.5 Å². The van der Waals surface area contributed by atoms with E-state index in [1.165, 1.54) is 11.3 Å². The molecule has 6 bridgehead atoms. The smallest absolute Gasteiger partial charge is 0.241 e. The summed E-state index contributed by atoms with van der Waals surface area (Å²) in [6, 6.07) is -0.145. The second kappa shape index (κ2) is 5.43. The maximum atomic E-state index is 12.8. The summed E-state index contributed by atoms with van der Waals surface area (Å²) in [5.41, 5.74) is 5.49. The predicted molar refractivity (Wildman–Crippen MR) is 91.8 cm³/mol. The molecule has 8 unspecified atom stereocenters. The fourth-order valence-electron chi connectivity index (χ4n) is 7.14. The minimum atomic E-state index is -1.01. The average molecular weight is 377 g/mol. The van der Waals surface area contributed by atoms with Crippen LogP contribution in [-0.4, -0.2) is 64.7 Å². The number of carbonyl (C=O) groups excluding carboxylic acids is 2. The number of amides is 2. The van der Waals surface area contributed by atoms with Crippen molar-refractivity contribution >= 4 is 11.8 Å². The Morgan fingerprint density at radius 3 is 2.70 bits per heavy atom. The van der Waals surface area contributed by atoms with E-state index in [2.05, 4.69) is 5.32 Å². The molecule has 0 aromatic heterocycles. The zero-order chi connectivity index (χ0) is 18.5. The molecular weight excluding hydrogens is 350 g/mol. The van der Waals surface area contributed by atoms with Crippen LogP contribution in [0.15, 0.2) is 0 Å². The lowest BCUT2D eigenvalue weighted by Crippen LogP contribution is -2.64. The van der Waals surface area contributed by atoms with Crippen LogP contribution in [0.3, 0.4) is 0 Å². The zero-order valence-corrected chi connectivity index (χ0v) is 15.3. The fraction of sp³-hybridized carbons (Fsp3) is 0.895. The first-order chi connectivity index (χ1) is 12.9. The van der Waals surface area contributed by atoms with E-state index in [1.807, 2.05) is 0 Å². The minimum absolute atomic E-state index is 0.132. The number of fused-ring (bicyclic) bond motifs is 5. The molecule has 148 valence electrons. The number of hydrogen-bond acceptors (Lipinski definition) is 6. The summed E-state index contributed by atoms with van der Waals surface area (Å²) in [5.74, 6) is 0.131. The van der Waals surface area contributed by atoms with Crippen molar-refractivity contribution in [1.82, 2.24) is 10.2 Å². The minimum Gasteiger partial charge on any atom is -0.373 e. The molecule has 27 heavy (non-hydrogen) atoms. The molecule has 0 aromatic rings. The highest BCUT2D eigenvalue weighted by Crippen LogP contribution is 2.52. The van der Waals surface area contributed by atoms with Gasteiger partial charge in [0.05, 0.1) is 24.2 Å². The summed E-state index contributed by atoms with van der Waals surface area (Å²) < 4.78 is 12.0. The number of nitrogens with zero attached hydrogens (tertiary/aromatic N) is 1. The Hall–Kier alpha value is -1.22. The van der Waals surface area contributed by atoms with Crippen molar-refractivity contribution in [2.24, 2.45) is 29.4 Å². The summed E-state index contributed by atoms with van der Waals surface area (Å²) in [7, 11) is 0. The molecule has 0 spiro atoms. The van der Waals surface area contributed by atoms with Crippen molar-refractivity contribution < 1.29 is 24.2 Å². The zero-order valence-electron chi connectivity index (χ0n) is 15.3. The fourth-order valence-corrected chi connectivity index (χ4v) is 7.14. The average Bonchev–Trinajstić information content (AvgIpc) is 3.20. The van der Waals surface area contributed by atoms with Crippen LogP contribution < -0.4 is 11.1 Å². The Morgan fingerprint density at radius 2 is 2.00 bits per heavy atom. The maximum absolute atomic E-state index is 12.8. The Balaban J connectivity index is 1.16. The summed E-state index contributed by atoms with van der Waals surface area (Å²) in [4.78, 5) is 26.9. The van der Waals surface area contributed by atoms with Gasteiger partial charge < -0.3 is 30.5 Å². The Morgan fingerprint density at radius 1 is 1.26 bits per heavy atom. The van der Waals surface area contributed by atoms with Crippen LogP contribution in [0.5, 0.6) is 0 Å². The standard InChI is InChI=1S/C19H27N3O5/c20-11-4-12-14-15(16(11)26-12)18(25)22(17(14)24)7-13(23)21-19-5-8-1-9(6-19)3-10(2-8)27-19/h8-12,14-16,18,25H,1-7,20H2,(H,21,23)/t8-,9+,10?,11?,12?,14?,15?,16?,18?,19?. The Labute approximate surface area is 157 Å². The summed E-state index contributed by atoms with van der Waals surface area (Å²) in [5, 5.41) is 13.8. The first-order valence-electron chi connectivity index (χ1n) is 10.3. The molecular formula is C19H27N3O5. The topological polar surface area (TPSA) is 114 Å². The van der Waals surface area contributed by atoms with Crippen molar-refractivity contribution in [3.05, 3.63) is 0 Å². The van der Waals surface area contributed by atoms with E-state index in [0.717, 1.165) is 25.7 Å². The monoisotopic (exact) mass is 377 g/mol. The van der Waals surface area contributed by atoms with Gasteiger partial charge in [-0.15, -0.1) is 0 Å². The van der Waals surface area contributed by atoms with E-state index < -0.39 is 12.0 Å². The number of likely N-dealkylation sites (tertiary alicyclic amines) is 1. The lowest BCUT2D eigenvalue weighted by atomic mass is 9.65. The van der Waals surface area contributed by atoms with E-state index in [4.69, 9.17) is 15.2 Å². The lowest BCUT2D eigenvalue weighted by molar-refractivity contribution is -0.233. The third-order valence-corrected chi connectivity index (χ3v) is 7.85. The van der Waals surface area contributed by atoms with Crippen molar-refractivity contribution in [2.75, 3.05) is 6.54 Å². The molecule has 2 aliphatic carbocycles. The number of aliphatic hydroxyl groups is 1. The summed E-state index contributed by atoms with van der Waals surface area (Å²) in [6.45, 7) is -0.132. The molecule has 2 saturated carbocycles. The van der Waals surface area contributed by atoms with Crippen LogP contribution in [0.25, 0.3) is 0 Å². The second-order valence-corrected chi connectivity index (χ2v) is 9.65. The largest absolute Gasteiger partial charge is 0.373 e. The van der Waals surface area contributed by atoms with Gasteiger partial charge in [0.25, 0.3) is 0 Å². The molecule has 4 N–H and O–H groups in total. The van der Waals surface area contributed by atoms with E-state index in [9.17, 15) is 14.7 Å². The van der Waals surface area contributed by atoms with Crippen LogP contribution in [0, 0.1) is 23.7 Å². The van der Waals surface area contributed by atoms with Crippen LogP contribution in [-0.2, 0) is 19.1 Å². The van der Waals surface area contributed by atoms with Gasteiger partial charge in [0.2, 0.25) is 11.8 Å². The quantitative estimate of drug-likeness (QED) is 0.599. The SMILES string of the molecule is NC1CC2OC1C1C2C(=O)N(CC(=O)NC23C[C@@H]4CC(C[C@@H](C4)C2)O3)C1O. The molecule has 5 saturated heterocycles. The number of nitrogens with two attached hydrogens (primary N) is 1. The predicted octanol–water partition coefficient (Wildman–Crippen LogP) is -0.701. The lowest BCUT2D eigenvalue weighted by Gasteiger charge is -2.56. The molecule has 2 amide bonds. The molecule has 7 rings (SSSR count). The third kappa shape index (κ3) is 2.30.